The molecule has 0 radical (unpaired) electrons. The van der Waals surface area contributed by atoms with E-state index in [1.54, 1.807) is 0 Å². The predicted octanol–water partition coefficient (Wildman–Crippen LogP) is 1.06. The molecule has 1 atom stereocenters. The minimum absolute atomic E-state index is 0.255. The summed E-state index contributed by atoms with van der Waals surface area (Å²) in [5.74, 6) is -1.17. The van der Waals surface area contributed by atoms with Gasteiger partial charge in [0.15, 0.2) is 0 Å². The molecule has 0 spiro atoms. The van der Waals surface area contributed by atoms with Gasteiger partial charge in [-0.2, -0.15) is 13.2 Å². The minimum atomic E-state index is -4.49. The van der Waals surface area contributed by atoms with Gasteiger partial charge in [-0.05, 0) is 38.4 Å². The molecule has 0 saturated carbocycles. The van der Waals surface area contributed by atoms with E-state index in [0.717, 1.165) is 0 Å². The van der Waals surface area contributed by atoms with Crippen LogP contribution in [0.1, 0.15) is 19.3 Å². The number of nitrogens with two attached hydrogens (primary N) is 1. The van der Waals surface area contributed by atoms with Gasteiger partial charge in [0.25, 0.3) is 0 Å². The summed E-state index contributed by atoms with van der Waals surface area (Å²) < 4.78 is 38.1. The molecule has 1 fully saturated rings. The average Bonchev–Trinajstić information content (AvgIpc) is 2.24. The van der Waals surface area contributed by atoms with Crippen LogP contribution in [0.25, 0.3) is 0 Å². The van der Waals surface area contributed by atoms with Crippen molar-refractivity contribution in [1.29, 1.82) is 0 Å². The number of aliphatic carboxylic acids is 1. The van der Waals surface area contributed by atoms with E-state index in [9.17, 15) is 18.0 Å². The first-order valence-corrected chi connectivity index (χ1v) is 5.57. The first-order chi connectivity index (χ1) is 7.84. The Morgan fingerprint density at radius 2 is 1.94 bits per heavy atom. The Morgan fingerprint density at radius 1 is 1.41 bits per heavy atom. The molecule has 1 heterocycles. The lowest BCUT2D eigenvalue weighted by Crippen LogP contribution is -2.50. The number of rotatable bonds is 4. The summed E-state index contributed by atoms with van der Waals surface area (Å²) in [4.78, 5) is 11.7. The number of hydrogen-bond donors (Lipinski definition) is 2. The maximum atomic E-state index is 12.7. The van der Waals surface area contributed by atoms with Gasteiger partial charge < -0.3 is 10.8 Å². The van der Waals surface area contributed by atoms with Crippen molar-refractivity contribution in [2.45, 2.75) is 31.5 Å². The lowest BCUT2D eigenvalue weighted by molar-refractivity contribution is -0.193. The van der Waals surface area contributed by atoms with Crippen LogP contribution in [0.2, 0.25) is 0 Å². The van der Waals surface area contributed by atoms with Gasteiger partial charge in [-0.1, -0.05) is 0 Å². The topological polar surface area (TPSA) is 66.6 Å². The fraction of sp³-hybridized carbons (Fsp3) is 0.900. The fourth-order valence-electron chi connectivity index (χ4n) is 2.12. The average molecular weight is 254 g/mol. The number of nitrogens with zero attached hydrogens (tertiary/aromatic N) is 1. The SMILES string of the molecule is NCC1CCN(C(CC(=O)O)C(F)(F)F)CC1. The molecule has 1 unspecified atom stereocenters. The van der Waals surface area contributed by atoms with Crippen molar-refractivity contribution in [3.63, 3.8) is 0 Å². The molecular weight excluding hydrogens is 237 g/mol. The molecular formula is C10H17F3N2O2. The van der Waals surface area contributed by atoms with Crippen LogP contribution in [0.15, 0.2) is 0 Å². The van der Waals surface area contributed by atoms with Crippen LogP contribution in [0.3, 0.4) is 0 Å². The molecule has 3 N–H and O–H groups in total. The van der Waals surface area contributed by atoms with E-state index in [1.165, 1.54) is 4.90 Å². The maximum Gasteiger partial charge on any atom is 0.404 e. The van der Waals surface area contributed by atoms with E-state index in [1.807, 2.05) is 0 Å². The molecule has 4 nitrogen and oxygen atoms in total. The summed E-state index contributed by atoms with van der Waals surface area (Å²) in [6, 6.07) is -1.88. The molecule has 0 aromatic carbocycles. The van der Waals surface area contributed by atoms with Crippen molar-refractivity contribution in [3.05, 3.63) is 0 Å². The van der Waals surface area contributed by atoms with Gasteiger partial charge in [0, 0.05) is 0 Å². The smallest absolute Gasteiger partial charge is 0.404 e. The number of alkyl halides is 3. The minimum Gasteiger partial charge on any atom is -0.481 e. The van der Waals surface area contributed by atoms with Crippen molar-refractivity contribution in [2.24, 2.45) is 11.7 Å². The maximum absolute atomic E-state index is 12.7. The van der Waals surface area contributed by atoms with Crippen molar-refractivity contribution < 1.29 is 23.1 Å². The zero-order valence-corrected chi connectivity index (χ0v) is 9.41. The molecule has 0 aliphatic carbocycles. The van der Waals surface area contributed by atoms with Gasteiger partial charge in [0.1, 0.15) is 6.04 Å². The van der Waals surface area contributed by atoms with E-state index in [0.29, 0.717) is 19.4 Å². The van der Waals surface area contributed by atoms with Crippen molar-refractivity contribution >= 4 is 5.97 Å². The summed E-state index contributed by atoms with van der Waals surface area (Å²) in [6.45, 7) is 1.00. The number of carboxylic acids is 1. The third-order valence-corrected chi connectivity index (χ3v) is 3.17. The second-order valence-electron chi connectivity index (χ2n) is 4.37. The van der Waals surface area contributed by atoms with Crippen LogP contribution in [-0.4, -0.2) is 47.8 Å². The van der Waals surface area contributed by atoms with Gasteiger partial charge >= 0.3 is 12.1 Å². The molecule has 1 saturated heterocycles. The highest BCUT2D eigenvalue weighted by molar-refractivity contribution is 5.67. The van der Waals surface area contributed by atoms with E-state index in [4.69, 9.17) is 10.8 Å². The van der Waals surface area contributed by atoms with Crippen molar-refractivity contribution in [2.75, 3.05) is 19.6 Å². The van der Waals surface area contributed by atoms with E-state index in [-0.39, 0.29) is 19.0 Å². The van der Waals surface area contributed by atoms with Crippen LogP contribution >= 0.6 is 0 Å². The van der Waals surface area contributed by atoms with Crippen LogP contribution in [-0.2, 0) is 4.79 Å². The van der Waals surface area contributed by atoms with Gasteiger partial charge in [-0.25, -0.2) is 0 Å². The summed E-state index contributed by atoms with van der Waals surface area (Å²) in [5, 5.41) is 8.53. The van der Waals surface area contributed by atoms with Gasteiger partial charge in [0.05, 0.1) is 6.42 Å². The van der Waals surface area contributed by atoms with Crippen molar-refractivity contribution in [3.8, 4) is 0 Å². The van der Waals surface area contributed by atoms with E-state index >= 15 is 0 Å². The lowest BCUT2D eigenvalue weighted by Gasteiger charge is -2.37. The van der Waals surface area contributed by atoms with Crippen LogP contribution in [0.5, 0.6) is 0 Å². The Labute approximate surface area is 97.6 Å². The first kappa shape index (κ1) is 14.2. The Bertz CT molecular complexity index is 263. The Balaban J connectivity index is 2.62. The zero-order valence-electron chi connectivity index (χ0n) is 9.41. The fourth-order valence-corrected chi connectivity index (χ4v) is 2.12. The number of halogens is 3. The second kappa shape index (κ2) is 5.68. The normalized spacial score (nSPS) is 21.4. The number of carbonyl (C=O) groups is 1. The highest BCUT2D eigenvalue weighted by atomic mass is 19.4. The first-order valence-electron chi connectivity index (χ1n) is 5.57. The van der Waals surface area contributed by atoms with Crippen LogP contribution in [0, 0.1) is 5.92 Å². The van der Waals surface area contributed by atoms with Crippen LogP contribution in [0.4, 0.5) is 13.2 Å². The Morgan fingerprint density at radius 3 is 2.29 bits per heavy atom. The quantitative estimate of drug-likeness (QED) is 0.787. The molecule has 17 heavy (non-hydrogen) atoms. The molecule has 1 aliphatic rings. The molecule has 100 valence electrons. The molecule has 0 bridgehead atoms. The molecule has 0 aromatic rings. The molecule has 1 aliphatic heterocycles. The summed E-state index contributed by atoms with van der Waals surface area (Å²) in [5.41, 5.74) is 5.46. The molecule has 0 amide bonds. The number of piperidine rings is 1. The van der Waals surface area contributed by atoms with Gasteiger partial charge in [-0.3, -0.25) is 9.69 Å². The third-order valence-electron chi connectivity index (χ3n) is 3.17. The number of likely N-dealkylation sites (tertiary alicyclic amines) is 1. The highest BCUT2D eigenvalue weighted by Crippen LogP contribution is 2.30. The van der Waals surface area contributed by atoms with Gasteiger partial charge in [-0.15, -0.1) is 0 Å². The van der Waals surface area contributed by atoms with E-state index < -0.39 is 24.6 Å². The zero-order chi connectivity index (χ0) is 13.1. The summed E-state index contributed by atoms with van der Waals surface area (Å²) in [6.07, 6.45) is -4.18. The Hall–Kier alpha value is -0.820. The second-order valence-corrected chi connectivity index (χ2v) is 4.37. The Kier molecular flexibility index (Phi) is 4.76. The number of carboxylic acid groups (broad SMARTS) is 1. The molecule has 7 heteroatoms. The molecule has 1 rings (SSSR count). The number of hydrogen-bond acceptors (Lipinski definition) is 3. The standard InChI is InChI=1S/C10H17F3N2O2/c11-10(12,13)8(5-9(16)17)15-3-1-7(6-14)2-4-15/h7-8H,1-6,14H2,(H,16,17). The van der Waals surface area contributed by atoms with E-state index in [2.05, 4.69) is 0 Å². The predicted molar refractivity (Wildman–Crippen MR) is 55.4 cm³/mol. The summed E-state index contributed by atoms with van der Waals surface area (Å²) >= 11 is 0. The molecule has 0 aromatic heterocycles. The van der Waals surface area contributed by atoms with Crippen molar-refractivity contribution in [1.82, 2.24) is 4.90 Å². The lowest BCUT2D eigenvalue weighted by atomic mass is 9.95. The van der Waals surface area contributed by atoms with Crippen LogP contribution < -0.4 is 5.73 Å². The third kappa shape index (κ3) is 4.16. The summed E-state index contributed by atoms with van der Waals surface area (Å²) in [7, 11) is 0. The largest absolute Gasteiger partial charge is 0.481 e. The van der Waals surface area contributed by atoms with Gasteiger partial charge in [0.2, 0.25) is 0 Å². The monoisotopic (exact) mass is 254 g/mol. The highest BCUT2D eigenvalue weighted by Gasteiger charge is 2.45.